The van der Waals surface area contributed by atoms with Gasteiger partial charge in [0, 0.05) is 0 Å². The van der Waals surface area contributed by atoms with Gasteiger partial charge in [0.15, 0.2) is 6.10 Å². The lowest BCUT2D eigenvalue weighted by atomic mass is 10.1. The van der Waals surface area contributed by atoms with Crippen molar-refractivity contribution < 1.29 is 23.7 Å². The zero-order valence-corrected chi connectivity index (χ0v) is 8.05. The van der Waals surface area contributed by atoms with E-state index >= 15 is 0 Å². The highest BCUT2D eigenvalue weighted by atomic mass is 19.3. The van der Waals surface area contributed by atoms with E-state index in [9.17, 15) is 13.9 Å². The van der Waals surface area contributed by atoms with Crippen LogP contribution >= 0.6 is 0 Å². The summed E-state index contributed by atoms with van der Waals surface area (Å²) in [4.78, 5) is 0. The molecule has 2 atom stereocenters. The van der Waals surface area contributed by atoms with Crippen molar-refractivity contribution in [1.29, 1.82) is 5.26 Å². The molecule has 4 nitrogen and oxygen atoms in total. The van der Waals surface area contributed by atoms with Crippen LogP contribution in [0.15, 0.2) is 24.3 Å². The molecular formula is C10H9F2NO3. The van der Waals surface area contributed by atoms with Gasteiger partial charge in [0.1, 0.15) is 11.9 Å². The first-order valence-corrected chi connectivity index (χ1v) is 4.35. The molecule has 0 aliphatic heterocycles. The average Bonchev–Trinajstić information content (AvgIpc) is 2.26. The van der Waals surface area contributed by atoms with Crippen LogP contribution < -0.4 is 4.74 Å². The summed E-state index contributed by atoms with van der Waals surface area (Å²) in [6.45, 7) is -2.96. The fourth-order valence-corrected chi connectivity index (χ4v) is 1.13. The van der Waals surface area contributed by atoms with Crippen molar-refractivity contribution in [3.8, 4) is 11.8 Å². The van der Waals surface area contributed by atoms with Crippen molar-refractivity contribution >= 4 is 0 Å². The van der Waals surface area contributed by atoms with Crippen LogP contribution in [0, 0.1) is 11.3 Å². The molecule has 0 amide bonds. The molecule has 0 bridgehead atoms. The Labute approximate surface area is 90.3 Å². The maximum absolute atomic E-state index is 11.9. The molecule has 0 aliphatic carbocycles. The molecule has 0 spiro atoms. The second-order valence-corrected chi connectivity index (χ2v) is 2.97. The number of ether oxygens (including phenoxy) is 1. The average molecular weight is 229 g/mol. The molecule has 86 valence electrons. The van der Waals surface area contributed by atoms with E-state index in [0.29, 0.717) is 0 Å². The number of halogens is 2. The Morgan fingerprint density at radius 3 is 2.56 bits per heavy atom. The number of nitrogens with zero attached hydrogens (tertiary/aromatic N) is 1. The molecule has 0 saturated carbocycles. The van der Waals surface area contributed by atoms with Crippen LogP contribution in [0.3, 0.4) is 0 Å². The van der Waals surface area contributed by atoms with Gasteiger partial charge in [-0.25, -0.2) is 0 Å². The topological polar surface area (TPSA) is 73.5 Å². The number of aliphatic hydroxyl groups excluding tert-OH is 2. The fourth-order valence-electron chi connectivity index (χ4n) is 1.13. The summed E-state index contributed by atoms with van der Waals surface area (Å²) in [5, 5.41) is 26.9. The Kier molecular flexibility index (Phi) is 4.17. The lowest BCUT2D eigenvalue weighted by Crippen LogP contribution is -2.15. The van der Waals surface area contributed by atoms with E-state index in [1.54, 1.807) is 0 Å². The minimum atomic E-state index is -2.96. The lowest BCUT2D eigenvalue weighted by Gasteiger charge is -2.13. The van der Waals surface area contributed by atoms with Crippen LogP contribution in [0.5, 0.6) is 5.75 Å². The monoisotopic (exact) mass is 229 g/mol. The first-order chi connectivity index (χ1) is 7.54. The highest BCUT2D eigenvalue weighted by Gasteiger charge is 2.18. The summed E-state index contributed by atoms with van der Waals surface area (Å²) >= 11 is 0. The van der Waals surface area contributed by atoms with Crippen LogP contribution in [0.25, 0.3) is 0 Å². The van der Waals surface area contributed by atoms with Crippen molar-refractivity contribution in [2.45, 2.75) is 18.8 Å². The van der Waals surface area contributed by atoms with Crippen LogP contribution in [0.1, 0.15) is 11.7 Å². The standard InChI is InChI=1S/C10H9F2NO3/c11-10(12)16-7-3-1-2-6(4-7)9(15)8(14)5-13/h1-4,8-10,14-15H. The van der Waals surface area contributed by atoms with Crippen LogP contribution in [0.2, 0.25) is 0 Å². The molecule has 0 fully saturated rings. The Morgan fingerprint density at radius 2 is 2.00 bits per heavy atom. The molecule has 1 rings (SSSR count). The Hall–Kier alpha value is -1.71. The molecule has 1 aromatic rings. The minimum Gasteiger partial charge on any atom is -0.435 e. The quantitative estimate of drug-likeness (QED) is 0.761. The third-order valence-electron chi connectivity index (χ3n) is 1.86. The predicted molar refractivity (Wildman–Crippen MR) is 49.7 cm³/mol. The molecule has 0 heterocycles. The number of benzene rings is 1. The zero-order chi connectivity index (χ0) is 12.1. The van der Waals surface area contributed by atoms with Crippen LogP contribution in [-0.4, -0.2) is 22.9 Å². The number of hydrogen-bond acceptors (Lipinski definition) is 4. The summed E-state index contributed by atoms with van der Waals surface area (Å²) in [7, 11) is 0. The maximum Gasteiger partial charge on any atom is 0.387 e. The lowest BCUT2D eigenvalue weighted by molar-refractivity contribution is -0.0500. The van der Waals surface area contributed by atoms with Gasteiger partial charge in [-0.2, -0.15) is 14.0 Å². The summed E-state index contributed by atoms with van der Waals surface area (Å²) in [6.07, 6.45) is -3.06. The van der Waals surface area contributed by atoms with Crippen molar-refractivity contribution in [1.82, 2.24) is 0 Å². The molecule has 2 unspecified atom stereocenters. The van der Waals surface area contributed by atoms with Crippen LogP contribution in [0.4, 0.5) is 8.78 Å². The van der Waals surface area contributed by atoms with Gasteiger partial charge in [-0.3, -0.25) is 0 Å². The van der Waals surface area contributed by atoms with E-state index in [4.69, 9.17) is 10.4 Å². The smallest absolute Gasteiger partial charge is 0.387 e. The Bertz CT molecular complexity index is 392. The number of alkyl halides is 2. The largest absolute Gasteiger partial charge is 0.435 e. The van der Waals surface area contributed by atoms with E-state index in [2.05, 4.69) is 4.74 Å². The SMILES string of the molecule is N#CC(O)C(O)c1cccc(OC(F)F)c1. The van der Waals surface area contributed by atoms with E-state index in [1.807, 2.05) is 0 Å². The molecule has 6 heteroatoms. The molecule has 16 heavy (non-hydrogen) atoms. The number of aliphatic hydroxyl groups is 2. The van der Waals surface area contributed by atoms with Crippen molar-refractivity contribution in [2.24, 2.45) is 0 Å². The van der Waals surface area contributed by atoms with Crippen molar-refractivity contribution in [2.75, 3.05) is 0 Å². The molecule has 2 N–H and O–H groups in total. The van der Waals surface area contributed by atoms with Gasteiger partial charge >= 0.3 is 6.61 Å². The molecule has 0 radical (unpaired) electrons. The molecular weight excluding hydrogens is 220 g/mol. The van der Waals surface area contributed by atoms with Gasteiger partial charge in [-0.05, 0) is 17.7 Å². The van der Waals surface area contributed by atoms with Gasteiger partial charge in [-0.1, -0.05) is 12.1 Å². The first kappa shape index (κ1) is 12.4. The second-order valence-electron chi connectivity index (χ2n) is 2.97. The maximum atomic E-state index is 11.9. The summed E-state index contributed by atoms with van der Waals surface area (Å²) in [5.41, 5.74) is 0.132. The number of rotatable bonds is 4. The van der Waals surface area contributed by atoms with Crippen molar-refractivity contribution in [3.05, 3.63) is 29.8 Å². The molecule has 0 saturated heterocycles. The predicted octanol–water partition coefficient (Wildman–Crippen LogP) is 1.21. The fraction of sp³-hybridized carbons (Fsp3) is 0.300. The number of nitriles is 1. The summed E-state index contributed by atoms with van der Waals surface area (Å²) in [5.74, 6) is -0.142. The Morgan fingerprint density at radius 1 is 1.31 bits per heavy atom. The third kappa shape index (κ3) is 3.15. The second kappa shape index (κ2) is 5.39. The normalized spacial score (nSPS) is 14.2. The van der Waals surface area contributed by atoms with Gasteiger partial charge in [-0.15, -0.1) is 0 Å². The van der Waals surface area contributed by atoms with E-state index < -0.39 is 18.8 Å². The minimum absolute atomic E-state index is 0.132. The van der Waals surface area contributed by atoms with Gasteiger partial charge in [0.05, 0.1) is 6.07 Å². The van der Waals surface area contributed by atoms with E-state index in [0.717, 1.165) is 6.07 Å². The Balaban J connectivity index is 2.86. The highest BCUT2D eigenvalue weighted by molar-refractivity contribution is 5.31. The van der Waals surface area contributed by atoms with E-state index in [1.165, 1.54) is 24.3 Å². The van der Waals surface area contributed by atoms with Gasteiger partial charge in [0.2, 0.25) is 0 Å². The third-order valence-corrected chi connectivity index (χ3v) is 1.86. The molecule has 1 aromatic carbocycles. The molecule has 0 aliphatic rings. The highest BCUT2D eigenvalue weighted by Crippen LogP contribution is 2.22. The van der Waals surface area contributed by atoms with E-state index in [-0.39, 0.29) is 11.3 Å². The molecule has 0 aromatic heterocycles. The number of hydrogen-bond donors (Lipinski definition) is 2. The van der Waals surface area contributed by atoms with Crippen LogP contribution in [-0.2, 0) is 0 Å². The van der Waals surface area contributed by atoms with Gasteiger partial charge < -0.3 is 14.9 Å². The van der Waals surface area contributed by atoms with Crippen molar-refractivity contribution in [3.63, 3.8) is 0 Å². The van der Waals surface area contributed by atoms with Gasteiger partial charge in [0.25, 0.3) is 0 Å². The summed E-state index contributed by atoms with van der Waals surface area (Å²) in [6, 6.07) is 6.62. The summed E-state index contributed by atoms with van der Waals surface area (Å²) < 4.78 is 27.9. The first-order valence-electron chi connectivity index (χ1n) is 4.35. The zero-order valence-electron chi connectivity index (χ0n) is 8.05.